The van der Waals surface area contributed by atoms with Gasteiger partial charge in [-0.2, -0.15) is 0 Å². The lowest BCUT2D eigenvalue weighted by atomic mass is 9.86. The quantitative estimate of drug-likeness (QED) is 0.476. The van der Waals surface area contributed by atoms with Crippen LogP contribution in [0.2, 0.25) is 0 Å². The number of amides is 1. The molecule has 0 radical (unpaired) electrons. The summed E-state index contributed by atoms with van der Waals surface area (Å²) >= 11 is 0. The molecule has 3 aromatic heterocycles. The van der Waals surface area contributed by atoms with E-state index >= 15 is 0 Å². The zero-order chi connectivity index (χ0) is 23.9. The lowest BCUT2D eigenvalue weighted by molar-refractivity contribution is 0.0883. The van der Waals surface area contributed by atoms with Crippen molar-refractivity contribution in [1.82, 2.24) is 29.6 Å². The minimum atomic E-state index is -0.863. The van der Waals surface area contributed by atoms with Crippen LogP contribution in [0, 0.1) is 12.7 Å². The van der Waals surface area contributed by atoms with Gasteiger partial charge in [-0.25, -0.2) is 14.4 Å². The number of imidazole rings is 1. The molecule has 5 rings (SSSR count). The maximum atomic E-state index is 14.2. The Bertz CT molecular complexity index is 1340. The van der Waals surface area contributed by atoms with Crippen LogP contribution in [-0.2, 0) is 0 Å². The molecule has 8 nitrogen and oxygen atoms in total. The second kappa shape index (κ2) is 8.58. The van der Waals surface area contributed by atoms with Crippen molar-refractivity contribution in [2.75, 3.05) is 13.6 Å². The molecule has 4 aromatic rings. The summed E-state index contributed by atoms with van der Waals surface area (Å²) in [5.74, 6) is -0.710. The molecule has 4 heterocycles. The van der Waals surface area contributed by atoms with Crippen molar-refractivity contribution < 1.29 is 9.18 Å². The van der Waals surface area contributed by atoms with E-state index in [1.54, 1.807) is 12.1 Å². The molecule has 174 valence electrons. The lowest BCUT2D eigenvalue weighted by Crippen LogP contribution is -2.57. The molecule has 1 aliphatic rings. The van der Waals surface area contributed by atoms with Crippen LogP contribution < -0.4 is 11.1 Å². The fourth-order valence-corrected chi connectivity index (χ4v) is 4.91. The molecule has 0 aliphatic carbocycles. The summed E-state index contributed by atoms with van der Waals surface area (Å²) < 4.78 is 16.2. The SMILES string of the molecule is Cc1cnc2ccc([C@H]3[C@@H](c4cccc(F)c4)C[C@](N)(CNC(=O)c4cnccn4)N3C)cn12. The Labute approximate surface area is 196 Å². The lowest BCUT2D eigenvalue weighted by Gasteiger charge is -2.35. The molecule has 1 aromatic carbocycles. The zero-order valence-electron chi connectivity index (χ0n) is 19.0. The summed E-state index contributed by atoms with van der Waals surface area (Å²) in [6.07, 6.45) is 8.82. The number of benzene rings is 1. The van der Waals surface area contributed by atoms with Crippen molar-refractivity contribution in [3.63, 3.8) is 0 Å². The number of carbonyl (C=O) groups excluding carboxylic acids is 1. The smallest absolute Gasteiger partial charge is 0.271 e. The highest BCUT2D eigenvalue weighted by Crippen LogP contribution is 2.48. The van der Waals surface area contributed by atoms with Gasteiger partial charge in [0.1, 0.15) is 17.2 Å². The highest BCUT2D eigenvalue weighted by Gasteiger charge is 2.48. The van der Waals surface area contributed by atoms with E-state index in [0.717, 1.165) is 22.5 Å². The van der Waals surface area contributed by atoms with Gasteiger partial charge in [-0.1, -0.05) is 18.2 Å². The van der Waals surface area contributed by atoms with Gasteiger partial charge in [-0.05, 0) is 49.7 Å². The van der Waals surface area contributed by atoms with Crippen molar-refractivity contribution in [3.05, 3.63) is 95.7 Å². The van der Waals surface area contributed by atoms with Crippen LogP contribution in [0.5, 0.6) is 0 Å². The molecule has 3 N–H and O–H groups in total. The Hall–Kier alpha value is -3.69. The molecular weight excluding hydrogens is 433 g/mol. The molecule has 1 fully saturated rings. The van der Waals surface area contributed by atoms with Gasteiger partial charge in [0.2, 0.25) is 0 Å². The van der Waals surface area contributed by atoms with Crippen LogP contribution in [0.3, 0.4) is 0 Å². The number of nitrogens with one attached hydrogen (secondary N) is 1. The molecule has 34 heavy (non-hydrogen) atoms. The molecule has 0 bridgehead atoms. The number of nitrogens with two attached hydrogens (primary N) is 1. The fraction of sp³-hybridized carbons (Fsp3) is 0.280. The summed E-state index contributed by atoms with van der Waals surface area (Å²) in [4.78, 5) is 27.1. The van der Waals surface area contributed by atoms with Crippen LogP contribution >= 0.6 is 0 Å². The predicted octanol–water partition coefficient (Wildman–Crippen LogP) is 2.82. The second-order valence-corrected chi connectivity index (χ2v) is 8.89. The number of aryl methyl sites for hydroxylation is 1. The Morgan fingerprint density at radius 2 is 2.06 bits per heavy atom. The predicted molar refractivity (Wildman–Crippen MR) is 125 cm³/mol. The summed E-state index contributed by atoms with van der Waals surface area (Å²) in [6, 6.07) is 10.5. The first-order valence-corrected chi connectivity index (χ1v) is 11.1. The number of aromatic nitrogens is 4. The van der Waals surface area contributed by atoms with E-state index in [2.05, 4.69) is 31.4 Å². The van der Waals surface area contributed by atoms with E-state index in [9.17, 15) is 9.18 Å². The molecule has 1 saturated heterocycles. The van der Waals surface area contributed by atoms with Crippen LogP contribution in [0.4, 0.5) is 4.39 Å². The normalized spacial score (nSPS) is 22.8. The Kier molecular flexibility index (Phi) is 5.59. The Morgan fingerprint density at radius 3 is 2.82 bits per heavy atom. The number of hydrogen-bond acceptors (Lipinski definition) is 6. The molecule has 0 unspecified atom stereocenters. The molecule has 3 atom stereocenters. The summed E-state index contributed by atoms with van der Waals surface area (Å²) in [6.45, 7) is 2.20. The van der Waals surface area contributed by atoms with Gasteiger partial charge in [-0.3, -0.25) is 14.7 Å². The van der Waals surface area contributed by atoms with Crippen LogP contribution in [0.25, 0.3) is 5.65 Å². The fourth-order valence-electron chi connectivity index (χ4n) is 4.91. The average molecular weight is 460 g/mol. The topological polar surface area (TPSA) is 101 Å². The minimum absolute atomic E-state index is 0.0830. The molecule has 1 aliphatic heterocycles. The van der Waals surface area contributed by atoms with Crippen LogP contribution in [0.15, 0.2) is 67.4 Å². The highest BCUT2D eigenvalue weighted by molar-refractivity contribution is 5.91. The number of likely N-dealkylation sites (tertiary alicyclic amines) is 1. The number of rotatable bonds is 5. The number of halogens is 1. The van der Waals surface area contributed by atoms with Gasteiger partial charge >= 0.3 is 0 Å². The van der Waals surface area contributed by atoms with Gasteiger partial charge in [0, 0.05) is 49.0 Å². The third-order valence-electron chi connectivity index (χ3n) is 6.76. The molecule has 9 heteroatoms. The first kappa shape index (κ1) is 22.1. The van der Waals surface area contributed by atoms with Crippen molar-refractivity contribution in [2.45, 2.75) is 31.0 Å². The number of fused-ring (bicyclic) bond motifs is 1. The Balaban J connectivity index is 1.49. The van der Waals surface area contributed by atoms with Gasteiger partial charge in [0.15, 0.2) is 0 Å². The first-order valence-electron chi connectivity index (χ1n) is 11.1. The monoisotopic (exact) mass is 459 g/mol. The molecule has 0 saturated carbocycles. The van der Waals surface area contributed by atoms with Crippen molar-refractivity contribution in [1.29, 1.82) is 0 Å². The standard InChI is InChI=1S/C25H26FN7O/c1-16-12-30-22-7-6-18(14-33(16)22)23-20(17-4-3-5-19(26)10-17)11-25(27,32(23)2)15-31-24(34)21-13-28-8-9-29-21/h3-10,12-14,20,23H,11,15,27H2,1-2H3,(H,31,34)/t20-,23+,25-/m1/s1. The van der Waals surface area contributed by atoms with Gasteiger partial charge in [-0.15, -0.1) is 0 Å². The van der Waals surface area contributed by atoms with Crippen molar-refractivity contribution in [2.24, 2.45) is 5.73 Å². The van der Waals surface area contributed by atoms with Crippen molar-refractivity contribution in [3.8, 4) is 0 Å². The third kappa shape index (κ3) is 3.93. The summed E-state index contributed by atoms with van der Waals surface area (Å²) in [7, 11) is 1.95. The number of carbonyl (C=O) groups is 1. The third-order valence-corrected chi connectivity index (χ3v) is 6.76. The van der Waals surface area contributed by atoms with Gasteiger partial charge < -0.3 is 15.5 Å². The van der Waals surface area contributed by atoms with Crippen LogP contribution in [-0.4, -0.2) is 49.4 Å². The second-order valence-electron chi connectivity index (χ2n) is 8.89. The van der Waals surface area contributed by atoms with E-state index in [1.807, 2.05) is 42.8 Å². The first-order chi connectivity index (χ1) is 16.4. The molecule has 0 spiro atoms. The summed E-state index contributed by atoms with van der Waals surface area (Å²) in [5, 5.41) is 2.90. The van der Waals surface area contributed by atoms with E-state index in [4.69, 9.17) is 5.73 Å². The number of likely N-dealkylation sites (N-methyl/N-ethyl adjacent to an activating group) is 1. The zero-order valence-corrected chi connectivity index (χ0v) is 19.0. The minimum Gasteiger partial charge on any atom is -0.347 e. The van der Waals surface area contributed by atoms with E-state index in [0.29, 0.717) is 6.42 Å². The molecule has 1 amide bonds. The van der Waals surface area contributed by atoms with E-state index in [-0.39, 0.29) is 35.9 Å². The van der Waals surface area contributed by atoms with Crippen LogP contribution in [0.1, 0.15) is 45.7 Å². The summed E-state index contributed by atoms with van der Waals surface area (Å²) in [5.41, 5.74) is 10.1. The van der Waals surface area contributed by atoms with Gasteiger partial charge in [0.25, 0.3) is 5.91 Å². The Morgan fingerprint density at radius 1 is 1.21 bits per heavy atom. The van der Waals surface area contributed by atoms with Crippen molar-refractivity contribution >= 4 is 11.6 Å². The number of pyridine rings is 1. The number of hydrogen-bond donors (Lipinski definition) is 2. The van der Waals surface area contributed by atoms with E-state index in [1.165, 1.54) is 24.7 Å². The maximum Gasteiger partial charge on any atom is 0.271 e. The van der Waals surface area contributed by atoms with E-state index < -0.39 is 5.66 Å². The largest absolute Gasteiger partial charge is 0.347 e. The maximum absolute atomic E-state index is 14.2. The van der Waals surface area contributed by atoms with Gasteiger partial charge in [0.05, 0.1) is 11.9 Å². The number of nitrogens with zero attached hydrogens (tertiary/aromatic N) is 5. The molecular formula is C25H26FN7O. The average Bonchev–Trinajstić information content (AvgIpc) is 3.35. The highest BCUT2D eigenvalue weighted by atomic mass is 19.1.